The molecule has 0 heterocycles. The highest BCUT2D eigenvalue weighted by Crippen LogP contribution is 2.30. The fourth-order valence-corrected chi connectivity index (χ4v) is 2.69. The lowest BCUT2D eigenvalue weighted by Crippen LogP contribution is -2.27. The van der Waals surface area contributed by atoms with Crippen molar-refractivity contribution >= 4 is 5.91 Å². The summed E-state index contributed by atoms with van der Waals surface area (Å²) in [7, 11) is 3.08. The number of alkyl halides is 2. The van der Waals surface area contributed by atoms with Gasteiger partial charge in [-0.1, -0.05) is 43.3 Å². The second-order valence-electron chi connectivity index (χ2n) is 6.13. The second kappa shape index (κ2) is 9.17. The number of amides is 1. The van der Waals surface area contributed by atoms with Crippen LogP contribution in [0.5, 0.6) is 11.5 Å². The Balaban J connectivity index is 2.02. The van der Waals surface area contributed by atoms with Gasteiger partial charge < -0.3 is 14.4 Å². The van der Waals surface area contributed by atoms with Crippen molar-refractivity contribution in [2.24, 2.45) is 0 Å². The molecule has 2 aromatic rings. The molecular formula is C20H23F2NO3. The highest BCUT2D eigenvalue weighted by molar-refractivity contribution is 5.76. The molecular weight excluding hydrogens is 340 g/mol. The van der Waals surface area contributed by atoms with Gasteiger partial charge >= 0.3 is 6.61 Å². The fraction of sp³-hybridized carbons (Fsp3) is 0.350. The number of hydrogen-bond donors (Lipinski definition) is 0. The lowest BCUT2D eigenvalue weighted by atomic mass is 9.97. The predicted molar refractivity (Wildman–Crippen MR) is 95.6 cm³/mol. The van der Waals surface area contributed by atoms with Crippen molar-refractivity contribution < 1.29 is 23.0 Å². The van der Waals surface area contributed by atoms with Gasteiger partial charge in [-0.25, -0.2) is 0 Å². The van der Waals surface area contributed by atoms with Crippen LogP contribution in [-0.4, -0.2) is 31.6 Å². The quantitative estimate of drug-likeness (QED) is 0.696. The van der Waals surface area contributed by atoms with Gasteiger partial charge in [0, 0.05) is 20.0 Å². The Morgan fingerprint density at radius 1 is 1.12 bits per heavy atom. The summed E-state index contributed by atoms with van der Waals surface area (Å²) in [5, 5.41) is 0. The first-order valence-corrected chi connectivity index (χ1v) is 8.31. The van der Waals surface area contributed by atoms with Gasteiger partial charge in [-0.3, -0.25) is 4.79 Å². The summed E-state index contributed by atoms with van der Waals surface area (Å²) in [6.07, 6.45) is 0.372. The summed E-state index contributed by atoms with van der Waals surface area (Å²) in [5.41, 5.74) is 1.79. The third-order valence-corrected chi connectivity index (χ3v) is 4.14. The largest absolute Gasteiger partial charge is 0.493 e. The topological polar surface area (TPSA) is 38.8 Å². The van der Waals surface area contributed by atoms with E-state index in [0.29, 0.717) is 18.5 Å². The molecule has 1 unspecified atom stereocenters. The first kappa shape index (κ1) is 19.7. The van der Waals surface area contributed by atoms with Crippen LogP contribution in [0.25, 0.3) is 0 Å². The third-order valence-electron chi connectivity index (χ3n) is 4.14. The van der Waals surface area contributed by atoms with Crippen molar-refractivity contribution in [3.05, 3.63) is 59.7 Å². The molecule has 0 aliphatic rings. The normalized spacial score (nSPS) is 11.9. The number of methoxy groups -OCH3 is 1. The number of ether oxygens (including phenoxy) is 2. The number of hydrogen-bond acceptors (Lipinski definition) is 3. The van der Waals surface area contributed by atoms with E-state index in [1.54, 1.807) is 24.1 Å². The zero-order chi connectivity index (χ0) is 19.1. The molecule has 0 N–H and O–H groups in total. The van der Waals surface area contributed by atoms with Crippen LogP contribution >= 0.6 is 0 Å². The standard InChI is InChI=1S/C20H23F2NO3/c1-14(16-7-5-4-6-8-16)11-19(24)23(2)13-15-9-10-17(25-3)18(12-15)26-20(21)22/h4-10,12,14,20H,11,13H2,1-3H3. The zero-order valence-electron chi connectivity index (χ0n) is 15.1. The highest BCUT2D eigenvalue weighted by atomic mass is 19.3. The number of benzene rings is 2. The molecule has 0 saturated carbocycles. The molecule has 6 heteroatoms. The molecule has 0 aliphatic carbocycles. The van der Waals surface area contributed by atoms with E-state index in [-0.39, 0.29) is 23.3 Å². The SMILES string of the molecule is COc1ccc(CN(C)C(=O)CC(C)c2ccccc2)cc1OC(F)F. The van der Waals surface area contributed by atoms with Crippen LogP contribution in [0, 0.1) is 0 Å². The Bertz CT molecular complexity index is 722. The summed E-state index contributed by atoms with van der Waals surface area (Å²) in [6, 6.07) is 14.6. The monoisotopic (exact) mass is 363 g/mol. The van der Waals surface area contributed by atoms with Crippen LogP contribution in [0.15, 0.2) is 48.5 Å². The van der Waals surface area contributed by atoms with E-state index in [2.05, 4.69) is 4.74 Å². The van der Waals surface area contributed by atoms with E-state index < -0.39 is 6.61 Å². The lowest BCUT2D eigenvalue weighted by Gasteiger charge is -2.21. The molecule has 2 rings (SSSR count). The van der Waals surface area contributed by atoms with E-state index in [1.165, 1.54) is 13.2 Å². The van der Waals surface area contributed by atoms with Crippen molar-refractivity contribution in [1.29, 1.82) is 0 Å². The molecule has 0 bridgehead atoms. The summed E-state index contributed by atoms with van der Waals surface area (Å²) in [5.74, 6) is 0.257. The van der Waals surface area contributed by atoms with E-state index in [1.807, 2.05) is 37.3 Å². The van der Waals surface area contributed by atoms with Crippen molar-refractivity contribution in [3.63, 3.8) is 0 Å². The molecule has 0 radical (unpaired) electrons. The van der Waals surface area contributed by atoms with Crippen molar-refractivity contribution in [2.75, 3.05) is 14.2 Å². The van der Waals surface area contributed by atoms with E-state index >= 15 is 0 Å². The van der Waals surface area contributed by atoms with Crippen LogP contribution in [0.3, 0.4) is 0 Å². The Morgan fingerprint density at radius 3 is 2.42 bits per heavy atom. The molecule has 1 atom stereocenters. The zero-order valence-corrected chi connectivity index (χ0v) is 15.1. The summed E-state index contributed by atoms with van der Waals surface area (Å²) in [4.78, 5) is 14.0. The van der Waals surface area contributed by atoms with Gasteiger partial charge in [0.05, 0.1) is 7.11 Å². The minimum atomic E-state index is -2.94. The molecule has 140 valence electrons. The van der Waals surface area contributed by atoms with Gasteiger partial charge in [0.1, 0.15) is 0 Å². The van der Waals surface area contributed by atoms with Crippen LogP contribution in [0.4, 0.5) is 8.78 Å². The average Bonchev–Trinajstić information content (AvgIpc) is 2.62. The minimum Gasteiger partial charge on any atom is -0.493 e. The van der Waals surface area contributed by atoms with Crippen molar-refractivity contribution in [3.8, 4) is 11.5 Å². The van der Waals surface area contributed by atoms with Crippen molar-refractivity contribution in [2.45, 2.75) is 32.4 Å². The number of carbonyl (C=O) groups excluding carboxylic acids is 1. The average molecular weight is 363 g/mol. The van der Waals surface area contributed by atoms with E-state index in [9.17, 15) is 13.6 Å². The number of carbonyl (C=O) groups is 1. The Hall–Kier alpha value is -2.63. The summed E-state index contributed by atoms with van der Waals surface area (Å²) >= 11 is 0. The van der Waals surface area contributed by atoms with Gasteiger partial charge in [0.2, 0.25) is 5.91 Å². The third kappa shape index (κ3) is 5.44. The molecule has 4 nitrogen and oxygen atoms in total. The minimum absolute atomic E-state index is 0.0199. The molecule has 0 aromatic heterocycles. The van der Waals surface area contributed by atoms with Gasteiger partial charge in [-0.2, -0.15) is 8.78 Å². The Labute approximate surface area is 152 Å². The van der Waals surface area contributed by atoms with Gasteiger partial charge in [0.15, 0.2) is 11.5 Å². The second-order valence-corrected chi connectivity index (χ2v) is 6.13. The number of nitrogens with zero attached hydrogens (tertiary/aromatic N) is 1. The predicted octanol–water partition coefficient (Wildman–Crippen LogP) is 4.45. The smallest absolute Gasteiger partial charge is 0.387 e. The molecule has 0 aliphatic heterocycles. The first-order chi connectivity index (χ1) is 12.4. The van der Waals surface area contributed by atoms with Gasteiger partial charge in [-0.15, -0.1) is 0 Å². The maximum Gasteiger partial charge on any atom is 0.387 e. The number of halogens is 2. The molecule has 0 fully saturated rings. The van der Waals surface area contributed by atoms with Crippen LogP contribution in [0.2, 0.25) is 0 Å². The van der Waals surface area contributed by atoms with E-state index in [4.69, 9.17) is 4.74 Å². The Morgan fingerprint density at radius 2 is 1.81 bits per heavy atom. The van der Waals surface area contributed by atoms with Gasteiger partial charge in [-0.05, 0) is 29.2 Å². The first-order valence-electron chi connectivity index (χ1n) is 8.31. The van der Waals surface area contributed by atoms with Gasteiger partial charge in [0.25, 0.3) is 0 Å². The maximum atomic E-state index is 12.5. The fourth-order valence-electron chi connectivity index (χ4n) is 2.69. The molecule has 26 heavy (non-hydrogen) atoms. The maximum absolute atomic E-state index is 12.5. The molecule has 1 amide bonds. The molecule has 2 aromatic carbocycles. The van der Waals surface area contributed by atoms with E-state index in [0.717, 1.165) is 5.56 Å². The highest BCUT2D eigenvalue weighted by Gasteiger charge is 2.17. The van der Waals surface area contributed by atoms with Crippen LogP contribution in [-0.2, 0) is 11.3 Å². The lowest BCUT2D eigenvalue weighted by molar-refractivity contribution is -0.130. The van der Waals surface area contributed by atoms with Crippen molar-refractivity contribution in [1.82, 2.24) is 4.90 Å². The van der Waals surface area contributed by atoms with Crippen LogP contribution < -0.4 is 9.47 Å². The Kier molecular flexibility index (Phi) is 6.95. The van der Waals surface area contributed by atoms with Crippen LogP contribution in [0.1, 0.15) is 30.4 Å². The summed E-state index contributed by atoms with van der Waals surface area (Å²) in [6.45, 7) is -0.641. The number of rotatable bonds is 8. The summed E-state index contributed by atoms with van der Waals surface area (Å²) < 4.78 is 34.5. The molecule has 0 saturated heterocycles. The molecule has 0 spiro atoms.